The van der Waals surface area contributed by atoms with Crippen LogP contribution in [0, 0.1) is 9.39 Å². The van der Waals surface area contributed by atoms with Crippen molar-refractivity contribution in [2.75, 3.05) is 0 Å². The van der Waals surface area contributed by atoms with E-state index in [1.807, 2.05) is 6.07 Å². The van der Waals surface area contributed by atoms with E-state index in [9.17, 15) is 4.39 Å². The molecule has 0 amide bonds. The molecule has 0 bridgehead atoms. The van der Waals surface area contributed by atoms with Crippen LogP contribution in [0.1, 0.15) is 24.9 Å². The summed E-state index contributed by atoms with van der Waals surface area (Å²) < 4.78 is 14.5. The fraction of sp³-hybridized carbons (Fsp3) is 0.286. The summed E-state index contributed by atoms with van der Waals surface area (Å²) in [6.45, 7) is 2.10. The third-order valence-electron chi connectivity index (χ3n) is 2.61. The van der Waals surface area contributed by atoms with Gasteiger partial charge in [-0.2, -0.15) is 0 Å². The van der Waals surface area contributed by atoms with Crippen molar-refractivity contribution in [1.29, 1.82) is 0 Å². The Labute approximate surface area is 140 Å². The zero-order valence-electron chi connectivity index (χ0n) is 10.9. The summed E-state index contributed by atoms with van der Waals surface area (Å²) in [5.74, 6) is 0.934. The van der Waals surface area contributed by atoms with Crippen LogP contribution in [-0.2, 0) is 12.2 Å². The highest BCUT2D eigenvalue weighted by molar-refractivity contribution is 14.1. The van der Waals surface area contributed by atoms with E-state index in [-0.39, 0.29) is 5.82 Å². The molecule has 0 spiro atoms. The fourth-order valence-electron chi connectivity index (χ4n) is 1.68. The molecule has 0 radical (unpaired) electrons. The van der Waals surface area contributed by atoms with Crippen molar-refractivity contribution in [2.45, 2.75) is 30.4 Å². The minimum Gasteiger partial charge on any atom is -0.236 e. The van der Waals surface area contributed by atoms with Crippen LogP contribution in [0.15, 0.2) is 29.2 Å². The lowest BCUT2D eigenvalue weighted by atomic mass is 10.2. The third-order valence-corrected chi connectivity index (χ3v) is 5.38. The van der Waals surface area contributed by atoms with Gasteiger partial charge in [-0.1, -0.05) is 37.1 Å². The van der Waals surface area contributed by atoms with E-state index < -0.39 is 0 Å². The number of aromatic nitrogens is 2. The highest BCUT2D eigenvalue weighted by Gasteiger charge is 2.11. The van der Waals surface area contributed by atoms with Gasteiger partial charge in [-0.25, -0.2) is 14.4 Å². The summed E-state index contributed by atoms with van der Waals surface area (Å²) in [6.07, 6.45) is 1.88. The lowest BCUT2D eigenvalue weighted by Gasteiger charge is -2.07. The maximum absolute atomic E-state index is 13.5. The van der Waals surface area contributed by atoms with Crippen LogP contribution in [0.4, 0.5) is 4.39 Å². The fourth-order valence-corrected chi connectivity index (χ4v) is 3.19. The Kier molecular flexibility index (Phi) is 6.04. The van der Waals surface area contributed by atoms with Gasteiger partial charge >= 0.3 is 0 Å². The quantitative estimate of drug-likeness (QED) is 0.380. The topological polar surface area (TPSA) is 25.8 Å². The molecule has 1 aromatic heterocycles. The summed E-state index contributed by atoms with van der Waals surface area (Å²) in [5, 5.41) is 0.480. The summed E-state index contributed by atoms with van der Waals surface area (Å²) in [5.41, 5.74) is 0.970. The molecule has 2 rings (SSSR count). The first-order valence-corrected chi connectivity index (χ1v) is 8.64. The number of rotatable bonds is 5. The van der Waals surface area contributed by atoms with E-state index in [1.165, 1.54) is 17.8 Å². The number of hydrogen-bond donors (Lipinski definition) is 0. The molecule has 0 fully saturated rings. The predicted molar refractivity (Wildman–Crippen MR) is 89.7 cm³/mol. The lowest BCUT2D eigenvalue weighted by Crippen LogP contribution is -2.02. The molecule has 6 heteroatoms. The summed E-state index contributed by atoms with van der Waals surface area (Å²) in [6, 6.07) is 6.69. The van der Waals surface area contributed by atoms with Crippen LogP contribution < -0.4 is 0 Å². The van der Waals surface area contributed by atoms with Gasteiger partial charge in [0, 0.05) is 4.90 Å². The molecule has 0 aliphatic heterocycles. The van der Waals surface area contributed by atoms with Gasteiger partial charge in [-0.15, -0.1) is 11.8 Å². The molecule has 0 aliphatic carbocycles. The average Bonchev–Trinajstić information content (AvgIpc) is 2.43. The van der Waals surface area contributed by atoms with Crippen LogP contribution in [0.3, 0.4) is 0 Å². The minimum absolute atomic E-state index is 0.220. The zero-order valence-corrected chi connectivity index (χ0v) is 14.6. The Morgan fingerprint density at radius 3 is 2.75 bits per heavy atom. The van der Waals surface area contributed by atoms with Gasteiger partial charge in [0.25, 0.3) is 0 Å². The molecule has 106 valence electrons. The van der Waals surface area contributed by atoms with E-state index in [0.717, 1.165) is 22.1 Å². The van der Waals surface area contributed by atoms with Crippen LogP contribution in [0.2, 0.25) is 5.15 Å². The Balaban J connectivity index is 2.16. The van der Waals surface area contributed by atoms with E-state index in [4.69, 9.17) is 11.6 Å². The van der Waals surface area contributed by atoms with E-state index in [0.29, 0.717) is 21.6 Å². The molecule has 1 aromatic carbocycles. The minimum atomic E-state index is -0.220. The van der Waals surface area contributed by atoms with Crippen molar-refractivity contribution in [3.05, 3.63) is 50.3 Å². The second-order valence-corrected chi connectivity index (χ2v) is 6.61. The van der Waals surface area contributed by atoms with Crippen molar-refractivity contribution in [3.8, 4) is 0 Å². The first-order chi connectivity index (χ1) is 9.61. The Morgan fingerprint density at radius 1 is 1.30 bits per heavy atom. The maximum atomic E-state index is 13.5. The molecule has 0 atom stereocenters. The highest BCUT2D eigenvalue weighted by Crippen LogP contribution is 2.26. The first kappa shape index (κ1) is 16.0. The largest absolute Gasteiger partial charge is 0.236 e. The van der Waals surface area contributed by atoms with Gasteiger partial charge < -0.3 is 0 Å². The van der Waals surface area contributed by atoms with Gasteiger partial charge in [0.05, 0.1) is 15.0 Å². The highest BCUT2D eigenvalue weighted by atomic mass is 127. The Bertz CT molecular complexity index is 610. The molecule has 2 aromatic rings. The average molecular weight is 423 g/mol. The maximum Gasteiger partial charge on any atom is 0.146 e. The predicted octanol–water partition coefficient (Wildman–Crippen LogP) is 5.12. The molecule has 2 nitrogen and oxygen atoms in total. The van der Waals surface area contributed by atoms with Crippen LogP contribution in [0.5, 0.6) is 0 Å². The van der Waals surface area contributed by atoms with Crippen LogP contribution in [-0.4, -0.2) is 9.97 Å². The third kappa shape index (κ3) is 4.05. The van der Waals surface area contributed by atoms with E-state index >= 15 is 0 Å². The van der Waals surface area contributed by atoms with Crippen molar-refractivity contribution < 1.29 is 4.39 Å². The van der Waals surface area contributed by atoms with Crippen molar-refractivity contribution >= 4 is 46.0 Å². The van der Waals surface area contributed by atoms with Gasteiger partial charge in [0.1, 0.15) is 16.8 Å². The number of benzene rings is 1. The van der Waals surface area contributed by atoms with Gasteiger partial charge in [0.2, 0.25) is 0 Å². The second-order valence-electron chi connectivity index (χ2n) is 4.16. The number of thioether (sulfide) groups is 1. The van der Waals surface area contributed by atoms with Gasteiger partial charge in [0.15, 0.2) is 0 Å². The smallest absolute Gasteiger partial charge is 0.146 e. The zero-order chi connectivity index (χ0) is 14.5. The molecule has 0 unspecified atom stereocenters. The second kappa shape index (κ2) is 7.56. The van der Waals surface area contributed by atoms with E-state index in [1.54, 1.807) is 12.1 Å². The standard InChI is InChI=1S/C14H13ClFIN2S/c1-2-5-10-13(17)14(15)19-12(18-10)8-20-11-7-4-3-6-9(11)16/h3-4,6-7H,2,5,8H2,1H3. The van der Waals surface area contributed by atoms with Crippen molar-refractivity contribution in [1.82, 2.24) is 9.97 Å². The molecule has 0 saturated carbocycles. The van der Waals surface area contributed by atoms with Crippen molar-refractivity contribution in [3.63, 3.8) is 0 Å². The number of nitrogens with zero attached hydrogens (tertiary/aromatic N) is 2. The molecule has 0 saturated heterocycles. The van der Waals surface area contributed by atoms with Crippen molar-refractivity contribution in [2.24, 2.45) is 0 Å². The molecular formula is C14H13ClFIN2S. The lowest BCUT2D eigenvalue weighted by molar-refractivity contribution is 0.602. The monoisotopic (exact) mass is 422 g/mol. The number of aryl methyl sites for hydroxylation is 1. The Morgan fingerprint density at radius 2 is 2.05 bits per heavy atom. The van der Waals surface area contributed by atoms with Gasteiger partial charge in [-0.05, 0) is 41.1 Å². The first-order valence-electron chi connectivity index (χ1n) is 6.20. The molecule has 0 aliphatic rings. The van der Waals surface area contributed by atoms with E-state index in [2.05, 4.69) is 39.5 Å². The Hall–Kier alpha value is -0.400. The molecule has 1 heterocycles. The molecule has 20 heavy (non-hydrogen) atoms. The van der Waals surface area contributed by atoms with Gasteiger partial charge in [-0.3, -0.25) is 0 Å². The number of hydrogen-bond acceptors (Lipinski definition) is 3. The molecular weight excluding hydrogens is 410 g/mol. The summed E-state index contributed by atoms with van der Waals surface area (Å²) in [4.78, 5) is 9.38. The molecule has 0 N–H and O–H groups in total. The normalized spacial score (nSPS) is 10.8. The van der Waals surface area contributed by atoms with Crippen LogP contribution in [0.25, 0.3) is 0 Å². The number of halogens is 3. The summed E-state index contributed by atoms with van der Waals surface area (Å²) >= 11 is 9.67. The van der Waals surface area contributed by atoms with Crippen LogP contribution >= 0.6 is 46.0 Å². The summed E-state index contributed by atoms with van der Waals surface area (Å²) in [7, 11) is 0. The SMILES string of the molecule is CCCc1nc(CSc2ccccc2F)nc(Cl)c1I.